The number of likely N-dealkylation sites (tertiary alicyclic amines) is 2. The molecular formula is C14H25N3O. The van der Waals surface area contributed by atoms with Gasteiger partial charge in [0.15, 0.2) is 0 Å². The van der Waals surface area contributed by atoms with Crippen LogP contribution in [0.3, 0.4) is 0 Å². The van der Waals surface area contributed by atoms with E-state index in [-0.39, 0.29) is 0 Å². The average Bonchev–Trinajstić information content (AvgIpc) is 2.82. The summed E-state index contributed by atoms with van der Waals surface area (Å²) >= 11 is 0. The Kier molecular flexibility index (Phi) is 3.85. The van der Waals surface area contributed by atoms with E-state index >= 15 is 0 Å². The molecule has 4 heteroatoms. The number of nitrogens with one attached hydrogen (secondary N) is 1. The number of piperidine rings is 2. The van der Waals surface area contributed by atoms with E-state index in [9.17, 15) is 4.79 Å². The molecule has 4 nitrogen and oxygen atoms in total. The Bertz CT molecular complexity index is 287. The monoisotopic (exact) mass is 251 g/mol. The van der Waals surface area contributed by atoms with Crippen molar-refractivity contribution < 1.29 is 4.79 Å². The van der Waals surface area contributed by atoms with Crippen LogP contribution in [0.1, 0.15) is 32.1 Å². The first kappa shape index (κ1) is 12.4. The van der Waals surface area contributed by atoms with Gasteiger partial charge in [0.2, 0.25) is 5.91 Å². The third-order valence-electron chi connectivity index (χ3n) is 4.74. The highest BCUT2D eigenvalue weighted by molar-refractivity contribution is 5.78. The van der Waals surface area contributed by atoms with E-state index in [1.165, 1.54) is 32.1 Å². The van der Waals surface area contributed by atoms with Crippen molar-refractivity contribution in [3.8, 4) is 0 Å². The summed E-state index contributed by atoms with van der Waals surface area (Å²) in [7, 11) is 0. The smallest absolute Gasteiger partial charge is 0.236 e. The van der Waals surface area contributed by atoms with Gasteiger partial charge in [-0.3, -0.25) is 9.69 Å². The summed E-state index contributed by atoms with van der Waals surface area (Å²) in [5.41, 5.74) is 0. The molecule has 0 saturated carbocycles. The van der Waals surface area contributed by atoms with Crippen molar-refractivity contribution in [3.63, 3.8) is 0 Å². The molecule has 3 rings (SSSR count). The molecule has 3 aliphatic rings. The Labute approximate surface area is 110 Å². The van der Waals surface area contributed by atoms with Crippen molar-refractivity contribution >= 4 is 5.91 Å². The van der Waals surface area contributed by atoms with E-state index in [2.05, 4.69) is 15.1 Å². The standard InChI is InChI=1S/C14H25N3O/c18-14(17-7-2-1-3-8-17)11-16-9-12-5-4-6-15-13(12)10-16/h12-13,15H,1-11H2/t12-,13+/m0/s1. The Morgan fingerprint density at radius 3 is 2.72 bits per heavy atom. The van der Waals surface area contributed by atoms with Crippen LogP contribution in [0.2, 0.25) is 0 Å². The number of fused-ring (bicyclic) bond motifs is 1. The summed E-state index contributed by atoms with van der Waals surface area (Å²) in [6.45, 7) is 5.97. The van der Waals surface area contributed by atoms with Gasteiger partial charge in [-0.15, -0.1) is 0 Å². The van der Waals surface area contributed by atoms with Gasteiger partial charge in [-0.1, -0.05) is 0 Å². The SMILES string of the molecule is O=C(CN1C[C@@H]2CCCN[C@@H]2C1)N1CCCCC1. The molecule has 3 fully saturated rings. The molecular weight excluding hydrogens is 226 g/mol. The fourth-order valence-corrected chi connectivity index (χ4v) is 3.70. The Morgan fingerprint density at radius 1 is 1.11 bits per heavy atom. The van der Waals surface area contributed by atoms with Crippen LogP contribution < -0.4 is 5.32 Å². The zero-order valence-corrected chi connectivity index (χ0v) is 11.2. The molecule has 0 spiro atoms. The van der Waals surface area contributed by atoms with E-state index in [4.69, 9.17) is 0 Å². The highest BCUT2D eigenvalue weighted by Gasteiger charge is 2.35. The summed E-state index contributed by atoms with van der Waals surface area (Å²) in [4.78, 5) is 16.7. The summed E-state index contributed by atoms with van der Waals surface area (Å²) < 4.78 is 0. The molecule has 0 unspecified atom stereocenters. The first-order chi connectivity index (χ1) is 8.83. The third-order valence-corrected chi connectivity index (χ3v) is 4.74. The Morgan fingerprint density at radius 2 is 1.94 bits per heavy atom. The third kappa shape index (κ3) is 2.69. The fraction of sp³-hybridized carbons (Fsp3) is 0.929. The molecule has 3 aliphatic heterocycles. The van der Waals surface area contributed by atoms with Crippen molar-refractivity contribution in [1.29, 1.82) is 0 Å². The second kappa shape index (κ2) is 5.57. The van der Waals surface area contributed by atoms with E-state index in [1.807, 2.05) is 0 Å². The normalized spacial score (nSPS) is 33.4. The summed E-state index contributed by atoms with van der Waals surface area (Å²) in [6, 6.07) is 0.646. The number of hydrogen-bond donors (Lipinski definition) is 1. The fourth-order valence-electron chi connectivity index (χ4n) is 3.70. The van der Waals surface area contributed by atoms with Crippen LogP contribution in [0.25, 0.3) is 0 Å². The van der Waals surface area contributed by atoms with E-state index < -0.39 is 0 Å². The van der Waals surface area contributed by atoms with Gasteiger partial charge in [-0.2, -0.15) is 0 Å². The Balaban J connectivity index is 1.49. The van der Waals surface area contributed by atoms with Gasteiger partial charge in [-0.05, 0) is 44.6 Å². The number of hydrogen-bond acceptors (Lipinski definition) is 3. The van der Waals surface area contributed by atoms with Gasteiger partial charge in [0.1, 0.15) is 0 Å². The Hall–Kier alpha value is -0.610. The predicted molar refractivity (Wildman–Crippen MR) is 71.4 cm³/mol. The number of rotatable bonds is 2. The maximum absolute atomic E-state index is 12.2. The van der Waals surface area contributed by atoms with Gasteiger partial charge in [-0.25, -0.2) is 0 Å². The molecule has 2 atom stereocenters. The number of nitrogens with zero attached hydrogens (tertiary/aromatic N) is 2. The predicted octanol–water partition coefficient (Wildman–Crippen LogP) is 0.683. The molecule has 18 heavy (non-hydrogen) atoms. The second-order valence-corrected chi connectivity index (χ2v) is 6.10. The largest absolute Gasteiger partial charge is 0.342 e. The highest BCUT2D eigenvalue weighted by atomic mass is 16.2. The molecule has 102 valence electrons. The van der Waals surface area contributed by atoms with Crippen molar-refractivity contribution in [2.45, 2.75) is 38.1 Å². The van der Waals surface area contributed by atoms with Crippen molar-refractivity contribution in [3.05, 3.63) is 0 Å². The summed E-state index contributed by atoms with van der Waals surface area (Å²) in [5.74, 6) is 1.14. The molecule has 3 saturated heterocycles. The van der Waals surface area contributed by atoms with Crippen LogP contribution >= 0.6 is 0 Å². The van der Waals surface area contributed by atoms with Crippen LogP contribution in [0, 0.1) is 5.92 Å². The first-order valence-corrected chi connectivity index (χ1v) is 7.56. The minimum Gasteiger partial charge on any atom is -0.342 e. The molecule has 0 bridgehead atoms. The molecule has 3 heterocycles. The zero-order valence-electron chi connectivity index (χ0n) is 11.2. The number of carbonyl (C=O) groups is 1. The minimum absolute atomic E-state index is 0.355. The molecule has 1 N–H and O–H groups in total. The van der Waals surface area contributed by atoms with Gasteiger partial charge < -0.3 is 10.2 Å². The lowest BCUT2D eigenvalue weighted by atomic mass is 9.94. The zero-order chi connectivity index (χ0) is 12.4. The van der Waals surface area contributed by atoms with Crippen molar-refractivity contribution in [2.75, 3.05) is 39.3 Å². The second-order valence-electron chi connectivity index (χ2n) is 6.10. The maximum atomic E-state index is 12.2. The lowest BCUT2D eigenvalue weighted by molar-refractivity contribution is -0.133. The lowest BCUT2D eigenvalue weighted by Crippen LogP contribution is -2.43. The summed E-state index contributed by atoms with van der Waals surface area (Å²) in [5, 5.41) is 3.60. The van der Waals surface area contributed by atoms with Gasteiger partial charge in [0.25, 0.3) is 0 Å². The molecule has 0 aliphatic carbocycles. The van der Waals surface area contributed by atoms with Gasteiger partial charge in [0, 0.05) is 32.2 Å². The van der Waals surface area contributed by atoms with E-state index in [1.54, 1.807) is 0 Å². The molecule has 0 aromatic carbocycles. The van der Waals surface area contributed by atoms with Crippen LogP contribution in [0.4, 0.5) is 0 Å². The van der Waals surface area contributed by atoms with E-state index in [0.717, 1.165) is 38.6 Å². The maximum Gasteiger partial charge on any atom is 0.236 e. The molecule has 1 amide bonds. The number of carbonyl (C=O) groups excluding carboxylic acids is 1. The van der Waals surface area contributed by atoms with Gasteiger partial charge in [0.05, 0.1) is 6.54 Å². The van der Waals surface area contributed by atoms with Crippen molar-refractivity contribution in [1.82, 2.24) is 15.1 Å². The van der Waals surface area contributed by atoms with Crippen LogP contribution in [0.5, 0.6) is 0 Å². The van der Waals surface area contributed by atoms with E-state index in [0.29, 0.717) is 18.5 Å². The number of amides is 1. The van der Waals surface area contributed by atoms with Crippen LogP contribution in [-0.2, 0) is 4.79 Å². The molecule has 0 radical (unpaired) electrons. The molecule has 0 aromatic heterocycles. The van der Waals surface area contributed by atoms with Crippen LogP contribution in [0.15, 0.2) is 0 Å². The average molecular weight is 251 g/mol. The topological polar surface area (TPSA) is 35.6 Å². The first-order valence-electron chi connectivity index (χ1n) is 7.56. The summed E-state index contributed by atoms with van der Waals surface area (Å²) in [6.07, 6.45) is 6.32. The molecule has 0 aromatic rings. The van der Waals surface area contributed by atoms with Crippen molar-refractivity contribution in [2.24, 2.45) is 5.92 Å². The minimum atomic E-state index is 0.355. The quantitative estimate of drug-likeness (QED) is 0.784. The highest BCUT2D eigenvalue weighted by Crippen LogP contribution is 2.24. The van der Waals surface area contributed by atoms with Crippen LogP contribution in [-0.4, -0.2) is 61.0 Å². The van der Waals surface area contributed by atoms with Gasteiger partial charge >= 0.3 is 0 Å². The lowest BCUT2D eigenvalue weighted by Gasteiger charge is -2.28.